The van der Waals surface area contributed by atoms with Crippen LogP contribution in [-0.2, 0) is 6.54 Å². The van der Waals surface area contributed by atoms with Crippen molar-refractivity contribution in [2.45, 2.75) is 32.4 Å². The molecule has 0 radical (unpaired) electrons. The third kappa shape index (κ3) is 3.25. The molecule has 1 fully saturated rings. The van der Waals surface area contributed by atoms with E-state index in [1.54, 1.807) is 25.1 Å². The van der Waals surface area contributed by atoms with Crippen LogP contribution in [0.25, 0.3) is 11.1 Å². The first-order chi connectivity index (χ1) is 10.0. The third-order valence-corrected chi connectivity index (χ3v) is 4.08. The maximum atomic E-state index is 13.9. The summed E-state index contributed by atoms with van der Waals surface area (Å²) < 4.78 is 27.3. The van der Waals surface area contributed by atoms with Gasteiger partial charge in [0.15, 0.2) is 0 Å². The number of nitrogens with one attached hydrogen (secondary N) is 1. The van der Waals surface area contributed by atoms with Gasteiger partial charge in [0.2, 0.25) is 0 Å². The van der Waals surface area contributed by atoms with Gasteiger partial charge in [0.1, 0.15) is 11.6 Å². The standard InChI is InChI=1S/C17H16ClF2N/c1-10-6-14(15(18)8-17(10)20)11-2-5-16(19)12(7-11)9-21-13-3-4-13/h2,5-8,13,21H,3-4,9H2,1H3. The molecule has 0 aromatic heterocycles. The fourth-order valence-corrected chi connectivity index (χ4v) is 2.56. The smallest absolute Gasteiger partial charge is 0.127 e. The summed E-state index contributed by atoms with van der Waals surface area (Å²) in [6.45, 7) is 2.19. The summed E-state index contributed by atoms with van der Waals surface area (Å²) in [5, 5.41) is 3.63. The second-order valence-corrected chi connectivity index (χ2v) is 5.95. The van der Waals surface area contributed by atoms with Crippen LogP contribution in [0, 0.1) is 18.6 Å². The van der Waals surface area contributed by atoms with Crippen LogP contribution in [0.15, 0.2) is 30.3 Å². The van der Waals surface area contributed by atoms with E-state index in [1.807, 2.05) is 0 Å². The predicted molar refractivity (Wildman–Crippen MR) is 81.4 cm³/mol. The summed E-state index contributed by atoms with van der Waals surface area (Å²) in [5.74, 6) is -0.566. The molecular formula is C17H16ClF2N. The summed E-state index contributed by atoms with van der Waals surface area (Å²) in [6.07, 6.45) is 2.31. The highest BCUT2D eigenvalue weighted by atomic mass is 35.5. The maximum absolute atomic E-state index is 13.9. The zero-order chi connectivity index (χ0) is 15.0. The molecule has 0 amide bonds. The van der Waals surface area contributed by atoms with E-state index in [0.717, 1.165) is 24.0 Å². The summed E-state index contributed by atoms with van der Waals surface area (Å²) in [4.78, 5) is 0. The molecule has 0 unspecified atom stereocenters. The zero-order valence-corrected chi connectivity index (χ0v) is 12.5. The van der Waals surface area contributed by atoms with Gasteiger partial charge in [-0.25, -0.2) is 8.78 Å². The number of hydrogen-bond acceptors (Lipinski definition) is 1. The molecule has 0 saturated heterocycles. The third-order valence-electron chi connectivity index (χ3n) is 3.76. The Morgan fingerprint density at radius 1 is 1.14 bits per heavy atom. The Bertz CT molecular complexity index is 681. The van der Waals surface area contributed by atoms with Gasteiger partial charge < -0.3 is 5.32 Å². The predicted octanol–water partition coefficient (Wildman–Crippen LogP) is 4.85. The summed E-state index contributed by atoms with van der Waals surface area (Å²) >= 11 is 6.12. The molecular weight excluding hydrogens is 292 g/mol. The average Bonchev–Trinajstić information content (AvgIpc) is 3.26. The van der Waals surface area contributed by atoms with Crippen LogP contribution in [-0.4, -0.2) is 6.04 Å². The second kappa shape index (κ2) is 5.74. The lowest BCUT2D eigenvalue weighted by Crippen LogP contribution is -2.16. The summed E-state index contributed by atoms with van der Waals surface area (Å²) in [5.41, 5.74) is 2.66. The molecule has 0 bridgehead atoms. The second-order valence-electron chi connectivity index (χ2n) is 5.54. The SMILES string of the molecule is Cc1cc(-c2ccc(F)c(CNC3CC3)c2)c(Cl)cc1F. The van der Waals surface area contributed by atoms with Crippen molar-refractivity contribution in [3.63, 3.8) is 0 Å². The maximum Gasteiger partial charge on any atom is 0.127 e. The van der Waals surface area contributed by atoms with Gasteiger partial charge in [-0.15, -0.1) is 0 Å². The number of aryl methyl sites for hydroxylation is 1. The molecule has 110 valence electrons. The lowest BCUT2D eigenvalue weighted by molar-refractivity contribution is 0.587. The van der Waals surface area contributed by atoms with Crippen molar-refractivity contribution in [3.05, 3.63) is 58.1 Å². The van der Waals surface area contributed by atoms with E-state index in [-0.39, 0.29) is 11.6 Å². The van der Waals surface area contributed by atoms with E-state index in [9.17, 15) is 8.78 Å². The Morgan fingerprint density at radius 2 is 1.90 bits per heavy atom. The number of hydrogen-bond donors (Lipinski definition) is 1. The molecule has 3 rings (SSSR count). The van der Waals surface area contributed by atoms with Crippen molar-refractivity contribution in [1.82, 2.24) is 5.32 Å². The fraction of sp³-hybridized carbons (Fsp3) is 0.294. The molecule has 1 aliphatic carbocycles. The first-order valence-electron chi connectivity index (χ1n) is 7.02. The van der Waals surface area contributed by atoms with Crippen LogP contribution in [0.4, 0.5) is 8.78 Å². The minimum absolute atomic E-state index is 0.234. The number of rotatable bonds is 4. The average molecular weight is 308 g/mol. The minimum Gasteiger partial charge on any atom is -0.310 e. The van der Waals surface area contributed by atoms with Crippen molar-refractivity contribution >= 4 is 11.6 Å². The molecule has 1 saturated carbocycles. The molecule has 21 heavy (non-hydrogen) atoms. The minimum atomic E-state index is -0.332. The topological polar surface area (TPSA) is 12.0 Å². The van der Waals surface area contributed by atoms with Gasteiger partial charge in [-0.2, -0.15) is 0 Å². The van der Waals surface area contributed by atoms with Crippen LogP contribution in [0.1, 0.15) is 24.0 Å². The van der Waals surface area contributed by atoms with Gasteiger partial charge in [-0.3, -0.25) is 0 Å². The van der Waals surface area contributed by atoms with Crippen LogP contribution in [0.5, 0.6) is 0 Å². The Hall–Kier alpha value is -1.45. The summed E-state index contributed by atoms with van der Waals surface area (Å²) in [7, 11) is 0. The quantitative estimate of drug-likeness (QED) is 0.852. The molecule has 0 spiro atoms. The molecule has 2 aromatic rings. The first kappa shape index (κ1) is 14.5. The van der Waals surface area contributed by atoms with Crippen LogP contribution in [0.3, 0.4) is 0 Å². The monoisotopic (exact) mass is 307 g/mol. The highest BCUT2D eigenvalue weighted by Crippen LogP contribution is 2.31. The highest BCUT2D eigenvalue weighted by molar-refractivity contribution is 6.33. The summed E-state index contributed by atoms with van der Waals surface area (Å²) in [6, 6.07) is 8.41. The van der Waals surface area contributed by atoms with E-state index in [4.69, 9.17) is 11.6 Å². The van der Waals surface area contributed by atoms with E-state index in [0.29, 0.717) is 28.7 Å². The van der Waals surface area contributed by atoms with Crippen molar-refractivity contribution in [2.24, 2.45) is 0 Å². The van der Waals surface area contributed by atoms with Crippen LogP contribution in [0.2, 0.25) is 5.02 Å². The van der Waals surface area contributed by atoms with Crippen molar-refractivity contribution in [2.75, 3.05) is 0 Å². The van der Waals surface area contributed by atoms with E-state index >= 15 is 0 Å². The number of halogens is 3. The van der Waals surface area contributed by atoms with Gasteiger partial charge in [0, 0.05) is 23.7 Å². The Balaban J connectivity index is 1.94. The molecule has 4 heteroatoms. The Morgan fingerprint density at radius 3 is 2.62 bits per heavy atom. The highest BCUT2D eigenvalue weighted by Gasteiger charge is 2.20. The van der Waals surface area contributed by atoms with E-state index < -0.39 is 0 Å². The van der Waals surface area contributed by atoms with E-state index in [2.05, 4.69) is 5.32 Å². The van der Waals surface area contributed by atoms with Gasteiger partial charge in [0.25, 0.3) is 0 Å². The van der Waals surface area contributed by atoms with Gasteiger partial charge >= 0.3 is 0 Å². The lowest BCUT2D eigenvalue weighted by atomic mass is 10.0. The first-order valence-corrected chi connectivity index (χ1v) is 7.40. The molecule has 1 aliphatic rings. The normalized spacial score (nSPS) is 14.5. The molecule has 1 N–H and O–H groups in total. The van der Waals surface area contributed by atoms with Crippen molar-refractivity contribution in [3.8, 4) is 11.1 Å². The largest absolute Gasteiger partial charge is 0.310 e. The molecule has 0 heterocycles. The van der Waals surface area contributed by atoms with Gasteiger partial charge in [-0.1, -0.05) is 17.7 Å². The lowest BCUT2D eigenvalue weighted by Gasteiger charge is -2.10. The van der Waals surface area contributed by atoms with E-state index in [1.165, 1.54) is 12.1 Å². The molecule has 0 atom stereocenters. The van der Waals surface area contributed by atoms with Crippen molar-refractivity contribution in [1.29, 1.82) is 0 Å². The van der Waals surface area contributed by atoms with Crippen LogP contribution >= 0.6 is 11.6 Å². The Kier molecular flexibility index (Phi) is 3.96. The fourth-order valence-electron chi connectivity index (χ4n) is 2.30. The number of benzene rings is 2. The van der Waals surface area contributed by atoms with Gasteiger partial charge in [0.05, 0.1) is 5.02 Å². The van der Waals surface area contributed by atoms with Crippen molar-refractivity contribution < 1.29 is 8.78 Å². The van der Waals surface area contributed by atoms with Gasteiger partial charge in [-0.05, 0) is 55.2 Å². The molecule has 0 aliphatic heterocycles. The Labute approximate surface area is 127 Å². The van der Waals surface area contributed by atoms with Crippen LogP contribution < -0.4 is 5.32 Å². The molecule has 2 aromatic carbocycles. The molecule has 1 nitrogen and oxygen atoms in total. The zero-order valence-electron chi connectivity index (χ0n) is 11.7.